The van der Waals surface area contributed by atoms with Crippen LogP contribution in [0.4, 0.5) is 13.2 Å². The largest absolute Gasteiger partial charge is 0.431 e. The summed E-state index contributed by atoms with van der Waals surface area (Å²) < 4.78 is 37.6. The lowest BCUT2D eigenvalue weighted by Crippen LogP contribution is -2.42. The number of aromatic nitrogens is 1. The summed E-state index contributed by atoms with van der Waals surface area (Å²) in [5.41, 5.74) is -2.40. The van der Waals surface area contributed by atoms with Crippen LogP contribution in [0.25, 0.3) is 0 Å². The first-order valence-corrected chi connectivity index (χ1v) is 7.63. The fraction of sp³-hybridized carbons (Fsp3) is 0.600. The number of pyridine rings is 1. The molecule has 1 saturated heterocycles. The summed E-state index contributed by atoms with van der Waals surface area (Å²) in [4.78, 5) is 27.3. The van der Waals surface area contributed by atoms with Crippen LogP contribution in [0.5, 0.6) is 0 Å². The first-order chi connectivity index (χ1) is 10.8. The minimum absolute atomic E-state index is 0. The monoisotopic (exact) mass is 367 g/mol. The summed E-state index contributed by atoms with van der Waals surface area (Å²) in [6.07, 6.45) is -3.00. The van der Waals surface area contributed by atoms with E-state index in [0.29, 0.717) is 19.0 Å². The Morgan fingerprint density at radius 1 is 1.33 bits per heavy atom. The number of alkyl halides is 3. The molecule has 0 spiro atoms. The SMILES string of the molecule is CCNCC1CCN(C(=O)c2ccc(C(F)(F)F)[nH]c2=O)CC1.Cl. The number of amides is 1. The van der Waals surface area contributed by atoms with Gasteiger partial charge in [0.25, 0.3) is 11.5 Å². The van der Waals surface area contributed by atoms with Crippen molar-refractivity contribution in [3.05, 3.63) is 33.7 Å². The average Bonchev–Trinajstić information content (AvgIpc) is 2.52. The van der Waals surface area contributed by atoms with Crippen LogP contribution in [0.2, 0.25) is 0 Å². The van der Waals surface area contributed by atoms with Crippen molar-refractivity contribution in [2.45, 2.75) is 25.9 Å². The van der Waals surface area contributed by atoms with Gasteiger partial charge in [-0.3, -0.25) is 9.59 Å². The molecule has 1 aromatic heterocycles. The Kier molecular flexibility index (Phi) is 7.28. The second-order valence-corrected chi connectivity index (χ2v) is 5.66. The maximum Gasteiger partial charge on any atom is 0.431 e. The highest BCUT2D eigenvalue weighted by Crippen LogP contribution is 2.26. The van der Waals surface area contributed by atoms with Crippen LogP contribution in [-0.4, -0.2) is 42.0 Å². The third-order valence-corrected chi connectivity index (χ3v) is 4.03. The molecular weight excluding hydrogens is 347 g/mol. The van der Waals surface area contributed by atoms with E-state index in [4.69, 9.17) is 0 Å². The Balaban J connectivity index is 0.00000288. The topological polar surface area (TPSA) is 65.2 Å². The minimum Gasteiger partial charge on any atom is -0.338 e. The van der Waals surface area contributed by atoms with Gasteiger partial charge < -0.3 is 15.2 Å². The van der Waals surface area contributed by atoms with E-state index in [9.17, 15) is 22.8 Å². The highest BCUT2D eigenvalue weighted by Gasteiger charge is 2.33. The molecule has 24 heavy (non-hydrogen) atoms. The van der Waals surface area contributed by atoms with E-state index in [1.807, 2.05) is 6.92 Å². The third kappa shape index (κ3) is 4.98. The van der Waals surface area contributed by atoms with Crippen LogP contribution in [0, 0.1) is 5.92 Å². The number of H-pyrrole nitrogens is 1. The quantitative estimate of drug-likeness (QED) is 0.858. The van der Waals surface area contributed by atoms with Crippen molar-refractivity contribution in [3.8, 4) is 0 Å². The summed E-state index contributed by atoms with van der Waals surface area (Å²) in [7, 11) is 0. The van der Waals surface area contributed by atoms with E-state index in [2.05, 4.69) is 5.32 Å². The molecule has 0 radical (unpaired) electrons. The predicted octanol–water partition coefficient (Wildman–Crippen LogP) is 2.28. The standard InChI is InChI=1S/C15H20F3N3O2.ClH/c1-2-19-9-10-5-7-21(8-6-10)14(23)11-3-4-12(15(16,17)18)20-13(11)22;/h3-4,10,19H,2,5-9H2,1H3,(H,20,22);1H. The van der Waals surface area contributed by atoms with E-state index in [1.54, 1.807) is 4.98 Å². The number of hydrogen-bond donors (Lipinski definition) is 2. The van der Waals surface area contributed by atoms with Crippen LogP contribution in [0.3, 0.4) is 0 Å². The molecule has 2 N–H and O–H groups in total. The summed E-state index contributed by atoms with van der Waals surface area (Å²) in [6, 6.07) is 1.68. The van der Waals surface area contributed by atoms with Gasteiger partial charge in [0, 0.05) is 13.1 Å². The van der Waals surface area contributed by atoms with Gasteiger partial charge in [-0.25, -0.2) is 0 Å². The Hall–Kier alpha value is -1.54. The van der Waals surface area contributed by atoms with Gasteiger partial charge in [0.05, 0.1) is 0 Å². The third-order valence-electron chi connectivity index (χ3n) is 4.03. The van der Waals surface area contributed by atoms with E-state index < -0.39 is 23.3 Å². The van der Waals surface area contributed by atoms with Gasteiger partial charge in [-0.15, -0.1) is 12.4 Å². The first-order valence-electron chi connectivity index (χ1n) is 7.63. The van der Waals surface area contributed by atoms with Gasteiger partial charge in [0.1, 0.15) is 11.3 Å². The van der Waals surface area contributed by atoms with E-state index in [0.717, 1.165) is 38.1 Å². The molecule has 5 nitrogen and oxygen atoms in total. The Morgan fingerprint density at radius 2 is 1.96 bits per heavy atom. The lowest BCUT2D eigenvalue weighted by Gasteiger charge is -2.32. The fourth-order valence-corrected chi connectivity index (χ4v) is 2.67. The van der Waals surface area contributed by atoms with Gasteiger partial charge in [-0.2, -0.15) is 13.2 Å². The Bertz CT molecular complexity index is 611. The maximum atomic E-state index is 12.5. The zero-order valence-electron chi connectivity index (χ0n) is 13.3. The van der Waals surface area contributed by atoms with Crippen LogP contribution in [0.15, 0.2) is 16.9 Å². The molecule has 0 atom stereocenters. The Labute approximate surface area is 144 Å². The van der Waals surface area contributed by atoms with Gasteiger partial charge in [-0.1, -0.05) is 6.92 Å². The number of nitrogens with zero attached hydrogens (tertiary/aromatic N) is 1. The normalized spacial score (nSPS) is 15.9. The number of hydrogen-bond acceptors (Lipinski definition) is 3. The molecular formula is C15H21ClF3N3O2. The number of nitrogens with one attached hydrogen (secondary N) is 2. The molecule has 0 aliphatic carbocycles. The average molecular weight is 368 g/mol. The zero-order chi connectivity index (χ0) is 17.0. The molecule has 1 aliphatic rings. The van der Waals surface area contributed by atoms with Crippen LogP contribution in [-0.2, 0) is 6.18 Å². The van der Waals surface area contributed by atoms with E-state index in [-0.39, 0.29) is 18.0 Å². The number of rotatable bonds is 4. The summed E-state index contributed by atoms with van der Waals surface area (Å²) >= 11 is 0. The fourth-order valence-electron chi connectivity index (χ4n) is 2.67. The predicted molar refractivity (Wildman–Crippen MR) is 86.5 cm³/mol. The Morgan fingerprint density at radius 3 is 2.46 bits per heavy atom. The molecule has 1 fully saturated rings. The molecule has 0 unspecified atom stereocenters. The van der Waals surface area contributed by atoms with Gasteiger partial charge in [-0.05, 0) is 44.0 Å². The molecule has 9 heteroatoms. The second-order valence-electron chi connectivity index (χ2n) is 5.66. The first kappa shape index (κ1) is 20.5. The van der Waals surface area contributed by atoms with Crippen LogP contribution >= 0.6 is 12.4 Å². The molecule has 2 rings (SSSR count). The van der Waals surface area contributed by atoms with Crippen molar-refractivity contribution in [2.75, 3.05) is 26.2 Å². The number of piperidine rings is 1. The molecule has 2 heterocycles. The van der Waals surface area contributed by atoms with Crippen molar-refractivity contribution in [3.63, 3.8) is 0 Å². The number of carbonyl (C=O) groups excluding carboxylic acids is 1. The highest BCUT2D eigenvalue weighted by molar-refractivity contribution is 5.93. The van der Waals surface area contributed by atoms with Crippen molar-refractivity contribution in [1.82, 2.24) is 15.2 Å². The number of likely N-dealkylation sites (tertiary alicyclic amines) is 1. The minimum atomic E-state index is -4.63. The summed E-state index contributed by atoms with van der Waals surface area (Å²) in [5.74, 6) is -0.0354. The molecule has 136 valence electrons. The molecule has 0 bridgehead atoms. The van der Waals surface area contributed by atoms with Gasteiger partial charge >= 0.3 is 6.18 Å². The number of aromatic amines is 1. The maximum absolute atomic E-state index is 12.5. The van der Waals surface area contributed by atoms with Crippen LogP contribution in [0.1, 0.15) is 35.8 Å². The van der Waals surface area contributed by atoms with E-state index in [1.165, 1.54) is 4.90 Å². The molecule has 0 aromatic carbocycles. The van der Waals surface area contributed by atoms with Crippen LogP contribution < -0.4 is 10.9 Å². The van der Waals surface area contributed by atoms with Gasteiger partial charge in [0.2, 0.25) is 0 Å². The van der Waals surface area contributed by atoms with Crippen molar-refractivity contribution in [1.29, 1.82) is 0 Å². The second kappa shape index (κ2) is 8.53. The van der Waals surface area contributed by atoms with E-state index >= 15 is 0 Å². The summed E-state index contributed by atoms with van der Waals surface area (Å²) in [5, 5.41) is 3.26. The molecule has 1 amide bonds. The molecule has 0 saturated carbocycles. The lowest BCUT2D eigenvalue weighted by molar-refractivity contribution is -0.141. The number of carbonyl (C=O) groups is 1. The summed E-state index contributed by atoms with van der Waals surface area (Å²) in [6.45, 7) is 4.82. The zero-order valence-corrected chi connectivity index (χ0v) is 14.1. The molecule has 1 aliphatic heterocycles. The highest BCUT2D eigenvalue weighted by atomic mass is 35.5. The smallest absolute Gasteiger partial charge is 0.338 e. The lowest BCUT2D eigenvalue weighted by atomic mass is 9.96. The van der Waals surface area contributed by atoms with Gasteiger partial charge in [0.15, 0.2) is 0 Å². The van der Waals surface area contributed by atoms with Crippen molar-refractivity contribution in [2.24, 2.45) is 5.92 Å². The molecule has 1 aromatic rings. The van der Waals surface area contributed by atoms with Crippen molar-refractivity contribution < 1.29 is 18.0 Å². The number of halogens is 4. The van der Waals surface area contributed by atoms with Crippen molar-refractivity contribution >= 4 is 18.3 Å².